The molecule has 1 aromatic rings. The molecule has 1 aromatic heterocycles. The molecule has 0 aliphatic carbocycles. The molecule has 1 atom stereocenters. The van der Waals surface area contributed by atoms with Gasteiger partial charge < -0.3 is 14.8 Å². The Kier molecular flexibility index (Phi) is 7.09. The van der Waals surface area contributed by atoms with E-state index in [-0.39, 0.29) is 11.6 Å². The molecular weight excluding hydrogens is 272 g/mol. The number of hydrogen-bond acceptors (Lipinski definition) is 5. The SMILES string of the molecule is CCOC(CC)c1nc(COC)c(CNC(C)(C)C)s1. The summed E-state index contributed by atoms with van der Waals surface area (Å²) in [5.74, 6) is 0. The number of methoxy groups -OCH3 is 1. The summed E-state index contributed by atoms with van der Waals surface area (Å²) < 4.78 is 11.0. The summed E-state index contributed by atoms with van der Waals surface area (Å²) in [5.41, 5.74) is 1.13. The highest BCUT2D eigenvalue weighted by Gasteiger charge is 2.19. The second-order valence-electron chi connectivity index (χ2n) is 5.81. The third-order valence-corrected chi connectivity index (χ3v) is 4.06. The average molecular weight is 300 g/mol. The molecule has 0 aliphatic heterocycles. The van der Waals surface area contributed by atoms with Crippen LogP contribution in [0, 0.1) is 0 Å². The van der Waals surface area contributed by atoms with Crippen LogP contribution in [-0.2, 0) is 22.6 Å². The number of ether oxygens (including phenoxy) is 2. The Balaban J connectivity index is 2.88. The molecule has 1 unspecified atom stereocenters. The summed E-state index contributed by atoms with van der Waals surface area (Å²) in [6.07, 6.45) is 1.05. The van der Waals surface area contributed by atoms with Crippen molar-refractivity contribution in [2.45, 2.75) is 65.8 Å². The van der Waals surface area contributed by atoms with Gasteiger partial charge in [0.25, 0.3) is 0 Å². The second-order valence-corrected chi connectivity index (χ2v) is 6.93. The Bertz CT molecular complexity index is 399. The van der Waals surface area contributed by atoms with Crippen LogP contribution in [0.2, 0.25) is 0 Å². The van der Waals surface area contributed by atoms with Crippen LogP contribution in [0.25, 0.3) is 0 Å². The first-order chi connectivity index (χ1) is 9.41. The molecule has 1 N–H and O–H groups in total. The number of nitrogens with one attached hydrogen (secondary N) is 1. The van der Waals surface area contributed by atoms with Gasteiger partial charge in [0.2, 0.25) is 0 Å². The van der Waals surface area contributed by atoms with E-state index in [0.29, 0.717) is 13.2 Å². The maximum absolute atomic E-state index is 5.76. The first-order valence-corrected chi connectivity index (χ1v) is 8.07. The molecule has 0 amide bonds. The average Bonchev–Trinajstić information content (AvgIpc) is 2.76. The summed E-state index contributed by atoms with van der Waals surface area (Å²) in [7, 11) is 1.71. The van der Waals surface area contributed by atoms with Gasteiger partial charge in [-0.2, -0.15) is 0 Å². The number of aromatic nitrogens is 1. The van der Waals surface area contributed by atoms with Gasteiger partial charge >= 0.3 is 0 Å². The van der Waals surface area contributed by atoms with E-state index in [1.165, 1.54) is 4.88 Å². The lowest BCUT2D eigenvalue weighted by Gasteiger charge is -2.20. The minimum atomic E-state index is 0.0958. The second kappa shape index (κ2) is 8.08. The Hall–Kier alpha value is -0.490. The molecule has 1 heterocycles. The number of thiazole rings is 1. The Labute approximate surface area is 126 Å². The van der Waals surface area contributed by atoms with Gasteiger partial charge in [-0.05, 0) is 34.1 Å². The van der Waals surface area contributed by atoms with Crippen LogP contribution in [0.3, 0.4) is 0 Å². The zero-order valence-corrected chi connectivity index (χ0v) is 14.4. The maximum atomic E-state index is 5.76. The van der Waals surface area contributed by atoms with Crippen molar-refractivity contribution in [3.8, 4) is 0 Å². The van der Waals surface area contributed by atoms with Gasteiger partial charge in [0, 0.05) is 30.7 Å². The summed E-state index contributed by atoms with van der Waals surface area (Å²) in [6.45, 7) is 12.7. The largest absolute Gasteiger partial charge is 0.378 e. The summed E-state index contributed by atoms with van der Waals surface area (Å²) in [6, 6.07) is 0. The Morgan fingerprint density at radius 1 is 1.30 bits per heavy atom. The maximum Gasteiger partial charge on any atom is 0.122 e. The molecule has 1 rings (SSSR count). The van der Waals surface area contributed by atoms with Crippen molar-refractivity contribution in [1.29, 1.82) is 0 Å². The van der Waals surface area contributed by atoms with Crippen molar-refractivity contribution < 1.29 is 9.47 Å². The summed E-state index contributed by atoms with van der Waals surface area (Å²) >= 11 is 1.73. The highest BCUT2D eigenvalue weighted by molar-refractivity contribution is 7.11. The lowest BCUT2D eigenvalue weighted by molar-refractivity contribution is 0.0593. The van der Waals surface area contributed by atoms with Crippen LogP contribution >= 0.6 is 11.3 Å². The zero-order chi connectivity index (χ0) is 15.2. The molecule has 0 fully saturated rings. The summed E-state index contributed by atoms with van der Waals surface area (Å²) in [4.78, 5) is 5.96. The zero-order valence-electron chi connectivity index (χ0n) is 13.6. The molecule has 0 aromatic carbocycles. The van der Waals surface area contributed by atoms with Gasteiger partial charge in [-0.15, -0.1) is 11.3 Å². The van der Waals surface area contributed by atoms with Gasteiger partial charge in [0.1, 0.15) is 11.1 Å². The van der Waals surface area contributed by atoms with Crippen molar-refractivity contribution in [1.82, 2.24) is 10.3 Å². The van der Waals surface area contributed by atoms with Crippen LogP contribution < -0.4 is 5.32 Å². The van der Waals surface area contributed by atoms with Crippen molar-refractivity contribution in [3.63, 3.8) is 0 Å². The van der Waals surface area contributed by atoms with Gasteiger partial charge in [0.15, 0.2) is 0 Å². The quantitative estimate of drug-likeness (QED) is 0.795. The van der Waals surface area contributed by atoms with Crippen molar-refractivity contribution in [3.05, 3.63) is 15.6 Å². The van der Waals surface area contributed by atoms with Crippen LogP contribution in [0.1, 0.15) is 62.7 Å². The van der Waals surface area contributed by atoms with Gasteiger partial charge in [-0.1, -0.05) is 6.92 Å². The van der Waals surface area contributed by atoms with E-state index in [0.717, 1.165) is 23.7 Å². The molecule has 20 heavy (non-hydrogen) atoms. The molecule has 0 saturated heterocycles. The van der Waals surface area contributed by atoms with Crippen molar-refractivity contribution in [2.75, 3.05) is 13.7 Å². The number of hydrogen-bond donors (Lipinski definition) is 1. The normalized spacial score (nSPS) is 13.7. The fraction of sp³-hybridized carbons (Fsp3) is 0.800. The molecule has 0 bridgehead atoms. The van der Waals surface area contributed by atoms with Crippen LogP contribution in [0.5, 0.6) is 0 Å². The Morgan fingerprint density at radius 3 is 2.50 bits per heavy atom. The number of rotatable bonds is 8. The van der Waals surface area contributed by atoms with E-state index in [2.05, 4.69) is 33.0 Å². The van der Waals surface area contributed by atoms with E-state index >= 15 is 0 Å². The van der Waals surface area contributed by atoms with Gasteiger partial charge in [-0.25, -0.2) is 4.98 Å². The molecular formula is C15H28N2O2S. The molecule has 0 spiro atoms. The van der Waals surface area contributed by atoms with Crippen molar-refractivity contribution in [2.24, 2.45) is 0 Å². The lowest BCUT2D eigenvalue weighted by atomic mass is 10.1. The third kappa shape index (κ3) is 5.48. The molecule has 5 heteroatoms. The predicted molar refractivity (Wildman–Crippen MR) is 84.1 cm³/mol. The molecule has 116 valence electrons. The monoisotopic (exact) mass is 300 g/mol. The fourth-order valence-corrected chi connectivity index (χ4v) is 2.98. The fourth-order valence-electron chi connectivity index (χ4n) is 1.84. The predicted octanol–water partition coefficient (Wildman–Crippen LogP) is 3.67. The molecule has 0 radical (unpaired) electrons. The molecule has 0 saturated carbocycles. The minimum absolute atomic E-state index is 0.0958. The summed E-state index contributed by atoms with van der Waals surface area (Å²) in [5, 5.41) is 4.58. The highest BCUT2D eigenvalue weighted by atomic mass is 32.1. The van der Waals surface area contributed by atoms with E-state index in [4.69, 9.17) is 14.5 Å². The van der Waals surface area contributed by atoms with Crippen molar-refractivity contribution >= 4 is 11.3 Å². The van der Waals surface area contributed by atoms with Crippen LogP contribution in [0.4, 0.5) is 0 Å². The van der Waals surface area contributed by atoms with Gasteiger partial charge in [-0.3, -0.25) is 0 Å². The molecule has 4 nitrogen and oxygen atoms in total. The van der Waals surface area contributed by atoms with Crippen LogP contribution in [0.15, 0.2) is 0 Å². The van der Waals surface area contributed by atoms with E-state index < -0.39 is 0 Å². The lowest BCUT2D eigenvalue weighted by Crippen LogP contribution is -2.35. The molecule has 0 aliphatic rings. The van der Waals surface area contributed by atoms with E-state index in [9.17, 15) is 0 Å². The smallest absolute Gasteiger partial charge is 0.122 e. The Morgan fingerprint density at radius 2 is 2.00 bits per heavy atom. The topological polar surface area (TPSA) is 43.4 Å². The number of nitrogens with zero attached hydrogens (tertiary/aromatic N) is 1. The third-order valence-electron chi connectivity index (χ3n) is 2.87. The van der Waals surface area contributed by atoms with Gasteiger partial charge in [0.05, 0.1) is 12.3 Å². The standard InChI is InChI=1S/C15H28N2O2S/c1-7-12(19-8-2)14-17-11(10-18-6)13(20-14)9-16-15(3,4)5/h12,16H,7-10H2,1-6H3. The highest BCUT2D eigenvalue weighted by Crippen LogP contribution is 2.29. The first-order valence-electron chi connectivity index (χ1n) is 7.25. The first kappa shape index (κ1) is 17.6. The van der Waals surface area contributed by atoms with E-state index in [1.54, 1.807) is 18.4 Å². The van der Waals surface area contributed by atoms with E-state index in [1.807, 2.05) is 6.92 Å². The van der Waals surface area contributed by atoms with Crippen LogP contribution in [-0.4, -0.2) is 24.2 Å². The minimum Gasteiger partial charge on any atom is -0.378 e.